The van der Waals surface area contributed by atoms with Crippen LogP contribution in [0, 0.1) is 18.7 Å². The van der Waals surface area contributed by atoms with Gasteiger partial charge >= 0.3 is 0 Å². The molecule has 3 atom stereocenters. The van der Waals surface area contributed by atoms with Crippen molar-refractivity contribution in [2.45, 2.75) is 52.1 Å². The summed E-state index contributed by atoms with van der Waals surface area (Å²) in [6, 6.07) is 6.25. The molecule has 2 N–H and O–H groups in total. The molecule has 0 radical (unpaired) electrons. The summed E-state index contributed by atoms with van der Waals surface area (Å²) in [4.78, 5) is 2.45. The van der Waals surface area contributed by atoms with Crippen molar-refractivity contribution < 1.29 is 4.39 Å². The van der Waals surface area contributed by atoms with Crippen LogP contribution in [-0.2, 0) is 0 Å². The van der Waals surface area contributed by atoms with E-state index in [2.05, 4.69) is 18.7 Å². The van der Waals surface area contributed by atoms with Gasteiger partial charge in [0.1, 0.15) is 5.82 Å². The van der Waals surface area contributed by atoms with E-state index in [0.717, 1.165) is 18.0 Å². The number of nitrogens with zero attached hydrogens (tertiary/aromatic N) is 1. The first-order chi connectivity index (χ1) is 9.56. The average molecular weight is 278 g/mol. The molecule has 3 unspecified atom stereocenters. The van der Waals surface area contributed by atoms with Crippen LogP contribution < -0.4 is 5.73 Å². The van der Waals surface area contributed by atoms with Crippen LogP contribution in [0.1, 0.15) is 50.3 Å². The molecule has 2 nitrogen and oxygen atoms in total. The summed E-state index contributed by atoms with van der Waals surface area (Å²) in [7, 11) is 0. The fraction of sp³-hybridized carbons (Fsp3) is 0.647. The number of aryl methyl sites for hydroxylation is 1. The van der Waals surface area contributed by atoms with Crippen molar-refractivity contribution in [2.24, 2.45) is 11.7 Å². The van der Waals surface area contributed by atoms with Gasteiger partial charge in [0, 0.05) is 18.6 Å². The summed E-state index contributed by atoms with van der Waals surface area (Å²) in [6.45, 7) is 7.98. The third kappa shape index (κ3) is 3.21. The number of rotatable bonds is 4. The Hall–Kier alpha value is -0.930. The molecule has 1 saturated heterocycles. The van der Waals surface area contributed by atoms with Crippen molar-refractivity contribution in [3.63, 3.8) is 0 Å². The maximum absolute atomic E-state index is 13.8. The third-order valence-electron chi connectivity index (χ3n) is 4.90. The Morgan fingerprint density at radius 2 is 2.20 bits per heavy atom. The van der Waals surface area contributed by atoms with E-state index in [0.29, 0.717) is 18.2 Å². The largest absolute Gasteiger partial charge is 0.329 e. The zero-order valence-electron chi connectivity index (χ0n) is 12.9. The molecule has 0 spiro atoms. The van der Waals surface area contributed by atoms with Crippen LogP contribution >= 0.6 is 0 Å². The first-order valence-corrected chi connectivity index (χ1v) is 7.78. The summed E-state index contributed by atoms with van der Waals surface area (Å²) in [5.41, 5.74) is 7.73. The van der Waals surface area contributed by atoms with E-state index in [1.54, 1.807) is 13.0 Å². The molecule has 0 bridgehead atoms. The van der Waals surface area contributed by atoms with Gasteiger partial charge in [-0.05, 0) is 56.3 Å². The highest BCUT2D eigenvalue weighted by molar-refractivity contribution is 5.25. The predicted octanol–water partition coefficient (Wildman–Crippen LogP) is 3.64. The van der Waals surface area contributed by atoms with Crippen molar-refractivity contribution in [2.75, 3.05) is 13.1 Å². The third-order valence-corrected chi connectivity index (χ3v) is 4.90. The highest BCUT2D eigenvalue weighted by atomic mass is 19.1. The lowest BCUT2D eigenvalue weighted by molar-refractivity contribution is 0.0771. The van der Waals surface area contributed by atoms with Gasteiger partial charge in [0.05, 0.1) is 0 Å². The lowest BCUT2D eigenvalue weighted by atomic mass is 9.87. The van der Waals surface area contributed by atoms with Gasteiger partial charge in [-0.15, -0.1) is 0 Å². The van der Waals surface area contributed by atoms with Crippen LogP contribution in [0.5, 0.6) is 0 Å². The van der Waals surface area contributed by atoms with Gasteiger partial charge in [0.25, 0.3) is 0 Å². The standard InChI is InChI=1S/C17H27FN2/c1-4-14-7-8-20(16(9-14)11-19)13(3)15-6-5-12(2)17(18)10-15/h5-6,10,13-14,16H,4,7-9,11,19H2,1-3H3. The predicted molar refractivity (Wildman–Crippen MR) is 82.1 cm³/mol. The average Bonchev–Trinajstić information content (AvgIpc) is 2.48. The molecule has 1 fully saturated rings. The van der Waals surface area contributed by atoms with Gasteiger partial charge in [-0.3, -0.25) is 4.90 Å². The Morgan fingerprint density at radius 1 is 1.45 bits per heavy atom. The van der Waals surface area contributed by atoms with Gasteiger partial charge in [0.2, 0.25) is 0 Å². The van der Waals surface area contributed by atoms with Gasteiger partial charge in [-0.25, -0.2) is 4.39 Å². The molecule has 1 aromatic carbocycles. The number of hydrogen-bond donors (Lipinski definition) is 1. The van der Waals surface area contributed by atoms with Crippen molar-refractivity contribution in [1.29, 1.82) is 0 Å². The Balaban J connectivity index is 2.14. The quantitative estimate of drug-likeness (QED) is 0.911. The second-order valence-electron chi connectivity index (χ2n) is 6.11. The Kier molecular flexibility index (Phi) is 5.17. The topological polar surface area (TPSA) is 29.3 Å². The molecular formula is C17H27FN2. The molecule has 1 aliphatic rings. The Morgan fingerprint density at radius 3 is 2.80 bits per heavy atom. The number of piperidine rings is 1. The normalized spacial score (nSPS) is 25.6. The first kappa shape index (κ1) is 15.5. The van der Waals surface area contributed by atoms with Crippen molar-refractivity contribution >= 4 is 0 Å². The summed E-state index contributed by atoms with van der Waals surface area (Å²) in [6.07, 6.45) is 3.63. The fourth-order valence-corrected chi connectivity index (χ4v) is 3.32. The van der Waals surface area contributed by atoms with Gasteiger partial charge in [0.15, 0.2) is 0 Å². The van der Waals surface area contributed by atoms with Crippen molar-refractivity contribution in [3.05, 3.63) is 35.1 Å². The molecule has 1 heterocycles. The molecule has 0 saturated carbocycles. The number of likely N-dealkylation sites (tertiary alicyclic amines) is 1. The minimum Gasteiger partial charge on any atom is -0.329 e. The van der Waals surface area contributed by atoms with Gasteiger partial charge in [-0.2, -0.15) is 0 Å². The van der Waals surface area contributed by atoms with Gasteiger partial charge < -0.3 is 5.73 Å². The zero-order chi connectivity index (χ0) is 14.7. The molecule has 1 aromatic rings. The smallest absolute Gasteiger partial charge is 0.126 e. The van der Waals surface area contributed by atoms with E-state index >= 15 is 0 Å². The fourth-order valence-electron chi connectivity index (χ4n) is 3.32. The van der Waals surface area contributed by atoms with Crippen LogP contribution in [-0.4, -0.2) is 24.0 Å². The van der Waals surface area contributed by atoms with Gasteiger partial charge in [-0.1, -0.05) is 25.5 Å². The van der Waals surface area contributed by atoms with E-state index in [1.165, 1.54) is 19.3 Å². The van der Waals surface area contributed by atoms with Crippen LogP contribution in [0.3, 0.4) is 0 Å². The van der Waals surface area contributed by atoms with E-state index < -0.39 is 0 Å². The number of benzene rings is 1. The minimum atomic E-state index is -0.109. The van der Waals surface area contributed by atoms with Crippen LogP contribution in [0.15, 0.2) is 18.2 Å². The Labute approximate surface area is 122 Å². The molecule has 0 amide bonds. The van der Waals surface area contributed by atoms with E-state index in [4.69, 9.17) is 5.73 Å². The van der Waals surface area contributed by atoms with E-state index in [1.807, 2.05) is 12.1 Å². The summed E-state index contributed by atoms with van der Waals surface area (Å²) in [5, 5.41) is 0. The Bertz CT molecular complexity index is 447. The molecule has 20 heavy (non-hydrogen) atoms. The molecule has 2 rings (SSSR count). The van der Waals surface area contributed by atoms with Crippen molar-refractivity contribution in [1.82, 2.24) is 4.90 Å². The maximum atomic E-state index is 13.8. The number of hydrogen-bond acceptors (Lipinski definition) is 2. The number of halogens is 1. The molecule has 3 heteroatoms. The van der Waals surface area contributed by atoms with Crippen LogP contribution in [0.4, 0.5) is 4.39 Å². The lowest BCUT2D eigenvalue weighted by Crippen LogP contribution is -2.47. The SMILES string of the molecule is CCC1CCN(C(C)c2ccc(C)c(F)c2)C(CN)C1. The van der Waals surface area contributed by atoms with Crippen molar-refractivity contribution in [3.8, 4) is 0 Å². The highest BCUT2D eigenvalue weighted by Gasteiger charge is 2.30. The zero-order valence-corrected chi connectivity index (χ0v) is 12.9. The van der Waals surface area contributed by atoms with E-state index in [9.17, 15) is 4.39 Å². The second-order valence-corrected chi connectivity index (χ2v) is 6.11. The second kappa shape index (κ2) is 6.68. The molecule has 1 aliphatic heterocycles. The molecule has 112 valence electrons. The monoisotopic (exact) mass is 278 g/mol. The molecular weight excluding hydrogens is 251 g/mol. The molecule has 0 aromatic heterocycles. The minimum absolute atomic E-state index is 0.109. The van der Waals surface area contributed by atoms with Crippen LogP contribution in [0.2, 0.25) is 0 Å². The summed E-state index contributed by atoms with van der Waals surface area (Å²) in [5.74, 6) is 0.684. The molecule has 0 aliphatic carbocycles. The summed E-state index contributed by atoms with van der Waals surface area (Å²) < 4.78 is 13.8. The van der Waals surface area contributed by atoms with E-state index in [-0.39, 0.29) is 11.9 Å². The number of nitrogens with two attached hydrogens (primary N) is 1. The highest BCUT2D eigenvalue weighted by Crippen LogP contribution is 2.32. The maximum Gasteiger partial charge on any atom is 0.126 e. The summed E-state index contributed by atoms with van der Waals surface area (Å²) >= 11 is 0. The lowest BCUT2D eigenvalue weighted by Gasteiger charge is -2.42. The van der Waals surface area contributed by atoms with Crippen LogP contribution in [0.25, 0.3) is 0 Å². The first-order valence-electron chi connectivity index (χ1n) is 7.78.